The van der Waals surface area contributed by atoms with Gasteiger partial charge in [0.2, 0.25) is 11.1 Å². The molecule has 0 unspecified atom stereocenters. The zero-order chi connectivity index (χ0) is 21.8. The predicted octanol–water partition coefficient (Wildman–Crippen LogP) is 3.76. The van der Waals surface area contributed by atoms with Gasteiger partial charge < -0.3 is 10.1 Å². The van der Waals surface area contributed by atoms with Gasteiger partial charge in [-0.25, -0.2) is 4.79 Å². The maximum absolute atomic E-state index is 12.7. The van der Waals surface area contributed by atoms with Crippen molar-refractivity contribution in [1.82, 2.24) is 20.2 Å². The van der Waals surface area contributed by atoms with Crippen LogP contribution in [-0.2, 0) is 22.4 Å². The molecule has 3 aromatic rings. The van der Waals surface area contributed by atoms with E-state index in [4.69, 9.17) is 4.74 Å². The number of hydrogen-bond donors (Lipinski definition) is 1. The molecule has 1 atom stereocenters. The number of aromatic nitrogens is 4. The Labute approximate surface area is 188 Å². The topological polar surface area (TPSA) is 99.0 Å². The van der Waals surface area contributed by atoms with Gasteiger partial charge in [-0.1, -0.05) is 36.9 Å². The largest absolute Gasteiger partial charge is 0.462 e. The normalized spacial score (nSPS) is 15.4. The molecule has 0 radical (unpaired) electrons. The quantitative estimate of drug-likeness (QED) is 0.426. The van der Waals surface area contributed by atoms with Crippen molar-refractivity contribution in [3.8, 4) is 5.69 Å². The highest BCUT2D eigenvalue weighted by Gasteiger charge is 2.29. The Hall–Kier alpha value is -2.72. The van der Waals surface area contributed by atoms with Crippen molar-refractivity contribution in [2.75, 3.05) is 17.7 Å². The van der Waals surface area contributed by atoms with E-state index in [1.54, 1.807) is 11.6 Å². The summed E-state index contributed by atoms with van der Waals surface area (Å²) in [5.74, 6) is 0.0986. The number of nitrogens with one attached hydrogen (secondary N) is 1. The van der Waals surface area contributed by atoms with E-state index in [1.807, 2.05) is 30.3 Å². The van der Waals surface area contributed by atoms with Crippen LogP contribution in [0.1, 0.15) is 41.1 Å². The molecule has 0 bridgehead atoms. The second-order valence-electron chi connectivity index (χ2n) is 7.32. The molecule has 2 heterocycles. The second-order valence-corrected chi connectivity index (χ2v) is 9.37. The average molecular weight is 458 g/mol. The van der Waals surface area contributed by atoms with E-state index in [-0.39, 0.29) is 17.6 Å². The van der Waals surface area contributed by atoms with Gasteiger partial charge in [-0.3, -0.25) is 4.79 Å². The summed E-state index contributed by atoms with van der Waals surface area (Å²) < 4.78 is 6.86. The Bertz CT molecular complexity index is 1080. The van der Waals surface area contributed by atoms with Crippen LogP contribution < -0.4 is 5.32 Å². The van der Waals surface area contributed by atoms with Crippen LogP contribution in [0.25, 0.3) is 5.69 Å². The van der Waals surface area contributed by atoms with E-state index in [2.05, 4.69) is 27.8 Å². The summed E-state index contributed by atoms with van der Waals surface area (Å²) in [6.45, 7) is 4.29. The summed E-state index contributed by atoms with van der Waals surface area (Å²) in [7, 11) is 0. The molecule has 8 nitrogen and oxygen atoms in total. The molecule has 0 saturated carbocycles. The number of nitrogens with zero attached hydrogens (tertiary/aromatic N) is 4. The zero-order valence-corrected chi connectivity index (χ0v) is 19.0. The molecule has 1 aromatic carbocycles. The number of amides is 1. The molecule has 1 amide bonds. The van der Waals surface area contributed by atoms with Crippen LogP contribution in [-0.4, -0.2) is 44.4 Å². The number of anilines is 1. The summed E-state index contributed by atoms with van der Waals surface area (Å²) in [4.78, 5) is 26.5. The number of thiophene rings is 1. The molecule has 1 aliphatic carbocycles. The van der Waals surface area contributed by atoms with Gasteiger partial charge in [-0.15, -0.1) is 16.4 Å². The van der Waals surface area contributed by atoms with Crippen LogP contribution in [0.5, 0.6) is 0 Å². The number of thioether (sulfide) groups is 1. The predicted molar refractivity (Wildman–Crippen MR) is 120 cm³/mol. The van der Waals surface area contributed by atoms with Crippen molar-refractivity contribution < 1.29 is 14.3 Å². The number of esters is 1. The molecule has 0 spiro atoms. The minimum Gasteiger partial charge on any atom is -0.462 e. The summed E-state index contributed by atoms with van der Waals surface area (Å²) in [5, 5.41) is 15.8. The van der Waals surface area contributed by atoms with Gasteiger partial charge in [0.15, 0.2) is 0 Å². The van der Waals surface area contributed by atoms with E-state index >= 15 is 0 Å². The molecule has 2 aromatic heterocycles. The Balaban J connectivity index is 1.48. The number of para-hydroxylation sites is 1. The summed E-state index contributed by atoms with van der Waals surface area (Å²) in [6.07, 6.45) is 2.78. The highest BCUT2D eigenvalue weighted by molar-refractivity contribution is 7.99. The third-order valence-electron chi connectivity index (χ3n) is 5.02. The average Bonchev–Trinajstić information content (AvgIpc) is 3.37. The molecule has 0 fully saturated rings. The van der Waals surface area contributed by atoms with Crippen molar-refractivity contribution in [2.45, 2.75) is 38.3 Å². The summed E-state index contributed by atoms with van der Waals surface area (Å²) >= 11 is 2.72. The Morgan fingerprint density at radius 2 is 2.13 bits per heavy atom. The highest BCUT2D eigenvalue weighted by Crippen LogP contribution is 2.40. The SMILES string of the molecule is CCOC(=O)c1c(NC(=O)CSc2nnnn2-c2ccccc2)sc2c1CC[C@@H](C)C2. The smallest absolute Gasteiger partial charge is 0.341 e. The number of carbonyl (C=O) groups excluding carboxylic acids is 2. The fraction of sp³-hybridized carbons (Fsp3) is 0.381. The number of fused-ring (bicyclic) bond motifs is 1. The second kappa shape index (κ2) is 9.61. The van der Waals surface area contributed by atoms with Gasteiger partial charge >= 0.3 is 5.97 Å². The Kier molecular flexibility index (Phi) is 6.67. The van der Waals surface area contributed by atoms with Crippen molar-refractivity contribution in [3.05, 3.63) is 46.3 Å². The lowest BCUT2D eigenvalue weighted by atomic mass is 9.88. The minimum absolute atomic E-state index is 0.119. The van der Waals surface area contributed by atoms with Gasteiger partial charge in [-0.2, -0.15) is 4.68 Å². The maximum atomic E-state index is 12.7. The molecule has 0 aliphatic heterocycles. The lowest BCUT2D eigenvalue weighted by molar-refractivity contribution is -0.113. The number of ether oxygens (including phenoxy) is 1. The van der Waals surface area contributed by atoms with Gasteiger partial charge in [0.05, 0.1) is 23.6 Å². The molecular formula is C21H23N5O3S2. The van der Waals surface area contributed by atoms with E-state index in [1.165, 1.54) is 23.1 Å². The number of rotatable bonds is 7. The third kappa shape index (κ3) is 4.80. The van der Waals surface area contributed by atoms with Gasteiger partial charge in [0.1, 0.15) is 5.00 Å². The molecule has 162 valence electrons. The van der Waals surface area contributed by atoms with Crippen molar-refractivity contribution in [3.63, 3.8) is 0 Å². The standard InChI is InChI=1S/C21H23N5O3S2/c1-3-29-20(28)18-15-10-9-13(2)11-16(15)31-19(18)22-17(27)12-30-21-23-24-25-26(21)14-7-5-4-6-8-14/h4-8,13H,3,9-12H2,1-2H3,(H,22,27)/t13-/m1/s1. The van der Waals surface area contributed by atoms with Gasteiger partial charge in [-0.05, 0) is 60.2 Å². The van der Waals surface area contributed by atoms with Crippen molar-refractivity contribution in [1.29, 1.82) is 0 Å². The third-order valence-corrected chi connectivity index (χ3v) is 7.11. The highest BCUT2D eigenvalue weighted by atomic mass is 32.2. The first-order chi connectivity index (χ1) is 15.1. The van der Waals surface area contributed by atoms with Crippen LogP contribution in [0.3, 0.4) is 0 Å². The molecule has 0 saturated heterocycles. The number of carbonyl (C=O) groups is 2. The van der Waals surface area contributed by atoms with Crippen LogP contribution in [0, 0.1) is 5.92 Å². The Morgan fingerprint density at radius 3 is 2.90 bits per heavy atom. The molecule has 31 heavy (non-hydrogen) atoms. The fourth-order valence-electron chi connectivity index (χ4n) is 3.55. The summed E-state index contributed by atoms with van der Waals surface area (Å²) in [6, 6.07) is 9.49. The van der Waals surface area contributed by atoms with Crippen molar-refractivity contribution in [2.24, 2.45) is 5.92 Å². The molecule has 1 aliphatic rings. The van der Waals surface area contributed by atoms with Crippen LogP contribution in [0.15, 0.2) is 35.5 Å². The van der Waals surface area contributed by atoms with E-state index in [0.717, 1.165) is 35.4 Å². The zero-order valence-electron chi connectivity index (χ0n) is 17.3. The molecule has 1 N–H and O–H groups in total. The first-order valence-corrected chi connectivity index (χ1v) is 11.9. The lowest BCUT2D eigenvalue weighted by Crippen LogP contribution is -2.18. The van der Waals surface area contributed by atoms with Crippen LogP contribution >= 0.6 is 23.1 Å². The van der Waals surface area contributed by atoms with Crippen LogP contribution in [0.4, 0.5) is 5.00 Å². The number of benzene rings is 1. The summed E-state index contributed by atoms with van der Waals surface area (Å²) in [5.41, 5.74) is 2.36. The maximum Gasteiger partial charge on any atom is 0.341 e. The molecular weight excluding hydrogens is 434 g/mol. The monoisotopic (exact) mass is 457 g/mol. The van der Waals surface area contributed by atoms with Crippen molar-refractivity contribution >= 4 is 40.0 Å². The number of tetrazole rings is 1. The van der Waals surface area contributed by atoms with E-state index in [0.29, 0.717) is 28.2 Å². The van der Waals surface area contributed by atoms with Crippen LogP contribution in [0.2, 0.25) is 0 Å². The molecule has 10 heteroatoms. The van der Waals surface area contributed by atoms with Gasteiger partial charge in [0, 0.05) is 4.88 Å². The Morgan fingerprint density at radius 1 is 1.32 bits per heavy atom. The minimum atomic E-state index is -0.370. The van der Waals surface area contributed by atoms with E-state index in [9.17, 15) is 9.59 Å². The number of hydrogen-bond acceptors (Lipinski definition) is 8. The molecule has 4 rings (SSSR count). The van der Waals surface area contributed by atoms with Gasteiger partial charge in [0.25, 0.3) is 0 Å². The lowest BCUT2D eigenvalue weighted by Gasteiger charge is -2.18. The first kappa shape index (κ1) is 21.5. The fourth-order valence-corrected chi connectivity index (χ4v) is 5.66. The first-order valence-electron chi connectivity index (χ1n) is 10.1. The van der Waals surface area contributed by atoms with E-state index < -0.39 is 0 Å².